The van der Waals surface area contributed by atoms with Crippen LogP contribution in [0.1, 0.15) is 6.92 Å². The Hall–Kier alpha value is -2.16. The van der Waals surface area contributed by atoms with Crippen molar-refractivity contribution in [2.24, 2.45) is 0 Å². The number of aromatic nitrogens is 2. The van der Waals surface area contributed by atoms with Crippen LogP contribution in [0.15, 0.2) is 29.4 Å². The standard InChI is InChI=1S/C13H13F2N3O3S/c1-2-17-8-10(7-16-17)22(19,20)18-3-4-21-13-11(15)5-9(14)6-12(13)18/h5-8H,2-4H2,1H3. The normalized spacial score (nSPS) is 14.6. The Labute approximate surface area is 126 Å². The van der Waals surface area contributed by atoms with Crippen LogP contribution in [0.25, 0.3) is 0 Å². The number of rotatable bonds is 3. The fraction of sp³-hybridized carbons (Fsp3) is 0.308. The van der Waals surface area contributed by atoms with Crippen molar-refractivity contribution in [2.45, 2.75) is 18.4 Å². The van der Waals surface area contributed by atoms with E-state index in [-0.39, 0.29) is 29.5 Å². The number of aryl methyl sites for hydroxylation is 1. The van der Waals surface area contributed by atoms with E-state index in [9.17, 15) is 17.2 Å². The lowest BCUT2D eigenvalue weighted by atomic mass is 10.2. The van der Waals surface area contributed by atoms with Gasteiger partial charge in [-0.15, -0.1) is 0 Å². The lowest BCUT2D eigenvalue weighted by molar-refractivity contribution is 0.298. The van der Waals surface area contributed by atoms with E-state index in [0.717, 1.165) is 10.4 Å². The van der Waals surface area contributed by atoms with E-state index in [1.807, 2.05) is 6.92 Å². The van der Waals surface area contributed by atoms with Gasteiger partial charge in [0, 0.05) is 24.9 Å². The summed E-state index contributed by atoms with van der Waals surface area (Å²) in [5, 5.41) is 3.92. The quantitative estimate of drug-likeness (QED) is 0.861. The number of fused-ring (bicyclic) bond motifs is 1. The van der Waals surface area contributed by atoms with Gasteiger partial charge in [-0.3, -0.25) is 8.99 Å². The van der Waals surface area contributed by atoms with Crippen molar-refractivity contribution < 1.29 is 21.9 Å². The number of hydrogen-bond donors (Lipinski definition) is 0. The Balaban J connectivity index is 2.10. The number of hydrogen-bond acceptors (Lipinski definition) is 4. The van der Waals surface area contributed by atoms with Gasteiger partial charge in [0.25, 0.3) is 10.0 Å². The number of halogens is 2. The van der Waals surface area contributed by atoms with Crippen LogP contribution in [-0.4, -0.2) is 31.3 Å². The molecule has 1 aromatic heterocycles. The minimum atomic E-state index is -3.96. The average Bonchev–Trinajstić information content (AvgIpc) is 2.96. The lowest BCUT2D eigenvalue weighted by Crippen LogP contribution is -2.38. The molecule has 3 rings (SSSR count). The van der Waals surface area contributed by atoms with Gasteiger partial charge in [0.05, 0.1) is 18.4 Å². The lowest BCUT2D eigenvalue weighted by Gasteiger charge is -2.30. The van der Waals surface area contributed by atoms with Crippen LogP contribution < -0.4 is 9.04 Å². The highest BCUT2D eigenvalue weighted by Crippen LogP contribution is 2.37. The van der Waals surface area contributed by atoms with Crippen LogP contribution in [0.3, 0.4) is 0 Å². The first-order valence-electron chi connectivity index (χ1n) is 6.60. The monoisotopic (exact) mass is 329 g/mol. The molecule has 1 aromatic carbocycles. The number of ether oxygens (including phenoxy) is 1. The molecule has 118 valence electrons. The minimum absolute atomic E-state index is 0.0172. The highest BCUT2D eigenvalue weighted by Gasteiger charge is 2.33. The smallest absolute Gasteiger partial charge is 0.267 e. The van der Waals surface area contributed by atoms with Gasteiger partial charge in [0.15, 0.2) is 11.6 Å². The molecule has 0 unspecified atom stereocenters. The molecule has 1 aliphatic heterocycles. The molecule has 0 bridgehead atoms. The van der Waals surface area contributed by atoms with Crippen LogP contribution in [0, 0.1) is 11.6 Å². The van der Waals surface area contributed by atoms with Gasteiger partial charge in [-0.05, 0) is 6.92 Å². The van der Waals surface area contributed by atoms with Crippen LogP contribution in [0.5, 0.6) is 5.75 Å². The van der Waals surface area contributed by atoms with E-state index >= 15 is 0 Å². The molecule has 0 N–H and O–H groups in total. The van der Waals surface area contributed by atoms with Gasteiger partial charge in [0.2, 0.25) is 0 Å². The van der Waals surface area contributed by atoms with Crippen LogP contribution in [-0.2, 0) is 16.6 Å². The third-order valence-corrected chi connectivity index (χ3v) is 5.09. The highest BCUT2D eigenvalue weighted by atomic mass is 32.2. The molecule has 2 heterocycles. The summed E-state index contributed by atoms with van der Waals surface area (Å²) in [7, 11) is -3.96. The topological polar surface area (TPSA) is 64.4 Å². The van der Waals surface area contributed by atoms with Crippen molar-refractivity contribution in [1.29, 1.82) is 0 Å². The van der Waals surface area contributed by atoms with Crippen molar-refractivity contribution >= 4 is 15.7 Å². The van der Waals surface area contributed by atoms with E-state index in [2.05, 4.69) is 5.10 Å². The van der Waals surface area contributed by atoms with E-state index in [1.165, 1.54) is 17.1 Å². The molecule has 0 saturated heterocycles. The average molecular weight is 329 g/mol. The van der Waals surface area contributed by atoms with Crippen LogP contribution in [0.2, 0.25) is 0 Å². The van der Waals surface area contributed by atoms with E-state index in [4.69, 9.17) is 4.74 Å². The van der Waals surface area contributed by atoms with E-state index in [1.54, 1.807) is 0 Å². The van der Waals surface area contributed by atoms with Gasteiger partial charge < -0.3 is 4.74 Å². The molecule has 1 aliphatic rings. The highest BCUT2D eigenvalue weighted by molar-refractivity contribution is 7.92. The van der Waals surface area contributed by atoms with E-state index < -0.39 is 21.7 Å². The summed E-state index contributed by atoms with van der Waals surface area (Å²) >= 11 is 0. The molecule has 9 heteroatoms. The fourth-order valence-electron chi connectivity index (χ4n) is 2.25. The zero-order valence-corrected chi connectivity index (χ0v) is 12.5. The molecule has 0 fully saturated rings. The maximum atomic E-state index is 13.8. The van der Waals surface area contributed by atoms with Crippen molar-refractivity contribution in [3.8, 4) is 5.75 Å². The number of nitrogens with zero attached hydrogens (tertiary/aromatic N) is 3. The van der Waals surface area contributed by atoms with Gasteiger partial charge in [-0.1, -0.05) is 0 Å². The summed E-state index contributed by atoms with van der Waals surface area (Å²) in [5.74, 6) is -2.07. The third-order valence-electron chi connectivity index (χ3n) is 3.32. The first-order valence-corrected chi connectivity index (χ1v) is 8.04. The van der Waals surface area contributed by atoms with Gasteiger partial charge in [0.1, 0.15) is 17.3 Å². The Bertz CT molecular complexity index is 820. The SMILES string of the molecule is CCn1cc(S(=O)(=O)N2CCOc3c(F)cc(F)cc32)cn1. The fourth-order valence-corrected chi connectivity index (χ4v) is 3.65. The van der Waals surface area contributed by atoms with Crippen LogP contribution in [0.4, 0.5) is 14.5 Å². The van der Waals surface area contributed by atoms with Gasteiger partial charge in [-0.2, -0.15) is 5.10 Å². The predicted molar refractivity (Wildman–Crippen MR) is 74.3 cm³/mol. The summed E-state index contributed by atoms with van der Waals surface area (Å²) < 4.78 is 60.1. The largest absolute Gasteiger partial charge is 0.486 e. The summed E-state index contributed by atoms with van der Waals surface area (Å²) in [4.78, 5) is -0.0353. The summed E-state index contributed by atoms with van der Waals surface area (Å²) in [6.45, 7) is 2.28. The molecule has 0 amide bonds. The maximum Gasteiger partial charge on any atom is 0.267 e. The first-order chi connectivity index (χ1) is 10.4. The molecule has 2 aromatic rings. The Morgan fingerprint density at radius 1 is 1.36 bits per heavy atom. The maximum absolute atomic E-state index is 13.8. The molecule has 22 heavy (non-hydrogen) atoms. The molecule has 0 spiro atoms. The molecule has 0 aliphatic carbocycles. The molecular formula is C13H13F2N3O3S. The van der Waals surface area contributed by atoms with Gasteiger partial charge >= 0.3 is 0 Å². The molecular weight excluding hydrogens is 316 g/mol. The molecule has 0 saturated carbocycles. The predicted octanol–water partition coefficient (Wildman–Crippen LogP) is 1.77. The second kappa shape index (κ2) is 5.24. The zero-order valence-electron chi connectivity index (χ0n) is 11.7. The van der Waals surface area contributed by atoms with Crippen molar-refractivity contribution in [1.82, 2.24) is 9.78 Å². The Morgan fingerprint density at radius 2 is 2.14 bits per heavy atom. The summed E-state index contributed by atoms with van der Waals surface area (Å²) in [6, 6.07) is 1.60. The summed E-state index contributed by atoms with van der Waals surface area (Å²) in [5.41, 5.74) is -0.145. The first kappa shape index (κ1) is 14.8. The molecule has 0 radical (unpaired) electrons. The van der Waals surface area contributed by atoms with Gasteiger partial charge in [-0.25, -0.2) is 17.2 Å². The van der Waals surface area contributed by atoms with Crippen molar-refractivity contribution in [2.75, 3.05) is 17.5 Å². The second-order valence-corrected chi connectivity index (χ2v) is 6.56. The number of benzene rings is 1. The number of anilines is 1. The Morgan fingerprint density at radius 3 is 2.82 bits per heavy atom. The summed E-state index contributed by atoms with van der Waals surface area (Å²) in [6.07, 6.45) is 2.59. The minimum Gasteiger partial charge on any atom is -0.486 e. The van der Waals surface area contributed by atoms with E-state index in [0.29, 0.717) is 12.6 Å². The van der Waals surface area contributed by atoms with Crippen molar-refractivity contribution in [3.05, 3.63) is 36.2 Å². The third kappa shape index (κ3) is 2.31. The Kier molecular flexibility index (Phi) is 3.51. The second-order valence-electron chi connectivity index (χ2n) is 4.69. The van der Waals surface area contributed by atoms with Crippen molar-refractivity contribution in [3.63, 3.8) is 0 Å². The molecule has 0 atom stereocenters. The zero-order chi connectivity index (χ0) is 15.9. The number of sulfonamides is 1. The van der Waals surface area contributed by atoms with Crippen LogP contribution >= 0.6 is 0 Å². The molecule has 6 nitrogen and oxygen atoms in total.